The van der Waals surface area contributed by atoms with Gasteiger partial charge in [0.2, 0.25) is 5.82 Å². The van der Waals surface area contributed by atoms with E-state index in [1.165, 1.54) is 0 Å². The maximum absolute atomic E-state index is 13.6. The van der Waals surface area contributed by atoms with E-state index in [1.54, 1.807) is 0 Å². The Hall–Kier alpha value is -2.09. The first-order valence-electron chi connectivity index (χ1n) is 5.47. The molecular formula is C13H6F7N. The standard InChI is InChI=1S/C13H6F7N/c14-5-1-4(2-6(15)3-5)13(21)7-8(16)10(18)12(20)11(19)9(7)17/h1-3,13H,21H2. The molecule has 0 radical (unpaired) electrons. The summed E-state index contributed by atoms with van der Waals surface area (Å²) in [6, 6.07) is -0.202. The highest BCUT2D eigenvalue weighted by molar-refractivity contribution is 5.35. The molecule has 0 aromatic heterocycles. The van der Waals surface area contributed by atoms with E-state index in [1.807, 2.05) is 0 Å². The van der Waals surface area contributed by atoms with Crippen LogP contribution in [0.4, 0.5) is 30.7 Å². The first-order chi connectivity index (χ1) is 9.73. The molecule has 2 N–H and O–H groups in total. The smallest absolute Gasteiger partial charge is 0.200 e. The van der Waals surface area contributed by atoms with Gasteiger partial charge in [0, 0.05) is 6.07 Å². The van der Waals surface area contributed by atoms with Crippen molar-refractivity contribution in [2.45, 2.75) is 6.04 Å². The summed E-state index contributed by atoms with van der Waals surface area (Å²) in [4.78, 5) is 0. The van der Waals surface area contributed by atoms with Gasteiger partial charge in [-0.3, -0.25) is 0 Å². The van der Waals surface area contributed by atoms with E-state index in [-0.39, 0.29) is 0 Å². The van der Waals surface area contributed by atoms with E-state index in [2.05, 4.69) is 0 Å². The number of hydrogen-bond donors (Lipinski definition) is 1. The van der Waals surface area contributed by atoms with Crippen LogP contribution in [0.5, 0.6) is 0 Å². The minimum absolute atomic E-state index is 0.467. The second kappa shape index (κ2) is 5.36. The summed E-state index contributed by atoms with van der Waals surface area (Å²) in [7, 11) is 0. The van der Waals surface area contributed by atoms with Crippen LogP contribution >= 0.6 is 0 Å². The van der Waals surface area contributed by atoms with Crippen LogP contribution in [0.3, 0.4) is 0 Å². The van der Waals surface area contributed by atoms with Crippen LogP contribution < -0.4 is 5.73 Å². The first-order valence-corrected chi connectivity index (χ1v) is 5.47. The molecule has 0 spiro atoms. The van der Waals surface area contributed by atoms with Crippen LogP contribution in [0, 0.1) is 40.7 Å². The van der Waals surface area contributed by atoms with Crippen LogP contribution in [-0.2, 0) is 0 Å². The fourth-order valence-electron chi connectivity index (χ4n) is 1.82. The molecule has 21 heavy (non-hydrogen) atoms. The van der Waals surface area contributed by atoms with Crippen molar-refractivity contribution in [2.24, 2.45) is 5.73 Å². The second-order valence-electron chi connectivity index (χ2n) is 4.16. The van der Waals surface area contributed by atoms with Gasteiger partial charge in [0.1, 0.15) is 11.6 Å². The van der Waals surface area contributed by atoms with Crippen molar-refractivity contribution in [1.29, 1.82) is 0 Å². The molecule has 2 aromatic rings. The summed E-state index contributed by atoms with van der Waals surface area (Å²) in [6.07, 6.45) is 0. The van der Waals surface area contributed by atoms with Gasteiger partial charge >= 0.3 is 0 Å². The van der Waals surface area contributed by atoms with Gasteiger partial charge in [0.25, 0.3) is 0 Å². The molecule has 1 atom stereocenters. The van der Waals surface area contributed by atoms with Crippen LogP contribution in [0.2, 0.25) is 0 Å². The van der Waals surface area contributed by atoms with Crippen molar-refractivity contribution in [1.82, 2.24) is 0 Å². The Morgan fingerprint density at radius 3 is 1.43 bits per heavy atom. The molecule has 0 heterocycles. The van der Waals surface area contributed by atoms with Crippen molar-refractivity contribution in [3.05, 3.63) is 70.0 Å². The van der Waals surface area contributed by atoms with Gasteiger partial charge in [-0.25, -0.2) is 30.7 Å². The van der Waals surface area contributed by atoms with Gasteiger partial charge in [-0.2, -0.15) is 0 Å². The van der Waals surface area contributed by atoms with Crippen molar-refractivity contribution >= 4 is 0 Å². The zero-order valence-corrected chi connectivity index (χ0v) is 10.0. The van der Waals surface area contributed by atoms with Crippen molar-refractivity contribution < 1.29 is 30.7 Å². The normalized spacial score (nSPS) is 12.6. The predicted molar refractivity (Wildman–Crippen MR) is 58.6 cm³/mol. The highest BCUT2D eigenvalue weighted by atomic mass is 19.2. The summed E-state index contributed by atoms with van der Waals surface area (Å²) in [5.41, 5.74) is 3.53. The molecular weight excluding hydrogens is 303 g/mol. The van der Waals surface area contributed by atoms with Crippen LogP contribution in [-0.4, -0.2) is 0 Å². The van der Waals surface area contributed by atoms with Gasteiger partial charge in [0.15, 0.2) is 23.3 Å². The second-order valence-corrected chi connectivity index (χ2v) is 4.16. The molecule has 2 rings (SSSR count). The Kier molecular flexibility index (Phi) is 3.91. The molecule has 112 valence electrons. The van der Waals surface area contributed by atoms with Crippen LogP contribution in [0.15, 0.2) is 18.2 Å². The number of halogens is 7. The van der Waals surface area contributed by atoms with E-state index in [0.717, 1.165) is 0 Å². The molecule has 0 fully saturated rings. The Bertz CT molecular complexity index is 665. The van der Waals surface area contributed by atoms with Gasteiger partial charge in [0.05, 0.1) is 11.6 Å². The lowest BCUT2D eigenvalue weighted by Crippen LogP contribution is -2.19. The van der Waals surface area contributed by atoms with E-state index >= 15 is 0 Å². The minimum Gasteiger partial charge on any atom is -0.320 e. The predicted octanol–water partition coefficient (Wildman–Crippen LogP) is 3.71. The molecule has 0 aliphatic rings. The lowest BCUT2D eigenvalue weighted by Gasteiger charge is -2.16. The fraction of sp³-hybridized carbons (Fsp3) is 0.0769. The molecule has 1 unspecified atom stereocenters. The summed E-state index contributed by atoms with van der Waals surface area (Å²) in [5.74, 6) is -13.2. The number of hydrogen-bond acceptors (Lipinski definition) is 1. The first kappa shape index (κ1) is 15.3. The summed E-state index contributed by atoms with van der Waals surface area (Å²) < 4.78 is 92.2. The zero-order chi connectivity index (χ0) is 15.9. The molecule has 1 nitrogen and oxygen atoms in total. The maximum Gasteiger partial charge on any atom is 0.200 e. The molecule has 0 saturated carbocycles. The van der Waals surface area contributed by atoms with Crippen molar-refractivity contribution in [3.8, 4) is 0 Å². The van der Waals surface area contributed by atoms with Gasteiger partial charge in [-0.15, -0.1) is 0 Å². The fourth-order valence-corrected chi connectivity index (χ4v) is 1.82. The highest BCUT2D eigenvalue weighted by Gasteiger charge is 2.29. The molecule has 0 aliphatic carbocycles. The largest absolute Gasteiger partial charge is 0.320 e. The molecule has 0 bridgehead atoms. The Morgan fingerprint density at radius 1 is 0.619 bits per heavy atom. The maximum atomic E-state index is 13.6. The Labute approximate surface area is 113 Å². The third-order valence-electron chi connectivity index (χ3n) is 2.80. The topological polar surface area (TPSA) is 26.0 Å². The molecule has 2 aromatic carbocycles. The lowest BCUT2D eigenvalue weighted by atomic mass is 9.97. The Balaban J connectivity index is 2.66. The van der Waals surface area contributed by atoms with E-state index in [4.69, 9.17) is 5.73 Å². The summed E-state index contributed by atoms with van der Waals surface area (Å²) in [6.45, 7) is 0. The molecule has 0 aliphatic heterocycles. The van der Waals surface area contributed by atoms with Gasteiger partial charge in [-0.05, 0) is 17.7 Å². The monoisotopic (exact) mass is 309 g/mol. The third-order valence-corrected chi connectivity index (χ3v) is 2.80. The SMILES string of the molecule is NC(c1cc(F)cc(F)c1)c1c(F)c(F)c(F)c(F)c1F. The molecule has 0 amide bonds. The van der Waals surface area contributed by atoms with Crippen LogP contribution in [0.1, 0.15) is 17.2 Å². The van der Waals surface area contributed by atoms with Gasteiger partial charge in [-0.1, -0.05) is 0 Å². The Morgan fingerprint density at radius 2 is 1.00 bits per heavy atom. The molecule has 8 heteroatoms. The minimum atomic E-state index is -2.34. The highest BCUT2D eigenvalue weighted by Crippen LogP contribution is 2.30. The van der Waals surface area contributed by atoms with E-state index in [0.29, 0.717) is 18.2 Å². The third kappa shape index (κ3) is 2.58. The van der Waals surface area contributed by atoms with Crippen molar-refractivity contribution in [2.75, 3.05) is 0 Å². The number of nitrogens with two attached hydrogens (primary N) is 1. The van der Waals surface area contributed by atoms with Crippen molar-refractivity contribution in [3.63, 3.8) is 0 Å². The summed E-state index contributed by atoms with van der Waals surface area (Å²) in [5, 5.41) is 0. The lowest BCUT2D eigenvalue weighted by molar-refractivity contribution is 0.367. The van der Waals surface area contributed by atoms with E-state index < -0.39 is 57.9 Å². The van der Waals surface area contributed by atoms with Gasteiger partial charge < -0.3 is 5.73 Å². The van der Waals surface area contributed by atoms with E-state index in [9.17, 15) is 30.7 Å². The quantitative estimate of drug-likeness (QED) is 0.511. The zero-order valence-electron chi connectivity index (χ0n) is 10.0. The summed E-state index contributed by atoms with van der Waals surface area (Å²) >= 11 is 0. The average Bonchev–Trinajstić information content (AvgIpc) is 2.42. The number of rotatable bonds is 2. The molecule has 0 saturated heterocycles. The van der Waals surface area contributed by atoms with Crippen LogP contribution in [0.25, 0.3) is 0 Å². The number of benzene rings is 2. The average molecular weight is 309 g/mol.